The van der Waals surface area contributed by atoms with Crippen LogP contribution < -0.4 is 5.32 Å². The van der Waals surface area contributed by atoms with Crippen LogP contribution in [0.2, 0.25) is 0 Å². The van der Waals surface area contributed by atoms with Crippen molar-refractivity contribution in [1.82, 2.24) is 5.32 Å². The number of rotatable bonds is 3. The molecule has 1 aliphatic rings. The zero-order valence-electron chi connectivity index (χ0n) is 7.55. The molecular weight excluding hydrogens is 168 g/mol. The maximum atomic E-state index is 10.4. The van der Waals surface area contributed by atoms with Crippen LogP contribution in [-0.4, -0.2) is 24.2 Å². The van der Waals surface area contributed by atoms with E-state index in [4.69, 9.17) is 10.4 Å². The molecule has 1 rings (SSSR count). The summed E-state index contributed by atoms with van der Waals surface area (Å²) in [5, 5.41) is 20.7. The topological polar surface area (TPSA) is 73.1 Å². The lowest BCUT2D eigenvalue weighted by molar-refractivity contribution is -0.137. The van der Waals surface area contributed by atoms with Crippen molar-refractivity contribution >= 4 is 5.97 Å². The monoisotopic (exact) mass is 182 g/mol. The molecule has 1 saturated heterocycles. The first-order valence-corrected chi connectivity index (χ1v) is 4.52. The molecule has 1 fully saturated rings. The number of carboxylic acids is 1. The molecule has 0 spiro atoms. The Kier molecular flexibility index (Phi) is 3.26. The number of aliphatic carboxylic acids is 1. The third-order valence-corrected chi connectivity index (χ3v) is 2.62. The van der Waals surface area contributed by atoms with Crippen LogP contribution in [-0.2, 0) is 4.79 Å². The van der Waals surface area contributed by atoms with Crippen molar-refractivity contribution in [1.29, 1.82) is 5.26 Å². The first-order valence-electron chi connectivity index (χ1n) is 4.52. The molecule has 1 heterocycles. The summed E-state index contributed by atoms with van der Waals surface area (Å²) in [6.07, 6.45) is 2.14. The molecule has 0 amide bonds. The van der Waals surface area contributed by atoms with E-state index in [-0.39, 0.29) is 11.8 Å². The highest BCUT2D eigenvalue weighted by Crippen LogP contribution is 2.32. The maximum Gasteiger partial charge on any atom is 0.303 e. The van der Waals surface area contributed by atoms with Gasteiger partial charge in [-0.2, -0.15) is 5.26 Å². The van der Waals surface area contributed by atoms with E-state index >= 15 is 0 Å². The van der Waals surface area contributed by atoms with Crippen molar-refractivity contribution in [2.45, 2.75) is 25.7 Å². The summed E-state index contributed by atoms with van der Waals surface area (Å²) >= 11 is 0. The number of carboxylic acid groups (broad SMARTS) is 1. The van der Waals surface area contributed by atoms with Gasteiger partial charge in [-0.3, -0.25) is 4.79 Å². The van der Waals surface area contributed by atoms with Gasteiger partial charge in [-0.05, 0) is 32.4 Å². The minimum absolute atomic E-state index is 0.105. The molecule has 0 radical (unpaired) electrons. The Balaban J connectivity index is 2.49. The van der Waals surface area contributed by atoms with Gasteiger partial charge in [0.25, 0.3) is 0 Å². The van der Waals surface area contributed by atoms with Gasteiger partial charge in [0.15, 0.2) is 0 Å². The molecule has 0 aromatic heterocycles. The molecule has 1 aliphatic heterocycles. The average Bonchev–Trinajstić information content (AvgIpc) is 2.16. The second-order valence-electron chi connectivity index (χ2n) is 3.54. The Morgan fingerprint density at radius 1 is 1.54 bits per heavy atom. The van der Waals surface area contributed by atoms with Gasteiger partial charge in [0, 0.05) is 6.42 Å². The average molecular weight is 182 g/mol. The van der Waals surface area contributed by atoms with E-state index in [2.05, 4.69) is 11.4 Å². The number of carbonyl (C=O) groups is 1. The van der Waals surface area contributed by atoms with E-state index in [1.807, 2.05) is 0 Å². The SMILES string of the molecule is N#CC1(CCC(=O)O)CCNCC1. The third-order valence-electron chi connectivity index (χ3n) is 2.62. The highest BCUT2D eigenvalue weighted by molar-refractivity contribution is 5.66. The molecular formula is C9H14N2O2. The highest BCUT2D eigenvalue weighted by atomic mass is 16.4. The van der Waals surface area contributed by atoms with Gasteiger partial charge in [0.2, 0.25) is 0 Å². The maximum absolute atomic E-state index is 10.4. The summed E-state index contributed by atoms with van der Waals surface area (Å²) in [5.41, 5.74) is -0.385. The fourth-order valence-corrected chi connectivity index (χ4v) is 1.67. The smallest absolute Gasteiger partial charge is 0.303 e. The molecule has 72 valence electrons. The van der Waals surface area contributed by atoms with Crippen molar-refractivity contribution in [3.63, 3.8) is 0 Å². The van der Waals surface area contributed by atoms with Crippen LogP contribution in [0.4, 0.5) is 0 Å². The van der Waals surface area contributed by atoms with Crippen LogP contribution >= 0.6 is 0 Å². The van der Waals surface area contributed by atoms with Crippen molar-refractivity contribution in [2.75, 3.05) is 13.1 Å². The molecule has 4 nitrogen and oxygen atoms in total. The predicted octanol–water partition coefficient (Wildman–Crippen LogP) is 0.745. The number of nitrogens with zero attached hydrogens (tertiary/aromatic N) is 1. The van der Waals surface area contributed by atoms with Crippen molar-refractivity contribution in [3.8, 4) is 6.07 Å². The number of hydrogen-bond donors (Lipinski definition) is 2. The lowest BCUT2D eigenvalue weighted by Gasteiger charge is -2.30. The van der Waals surface area contributed by atoms with E-state index in [9.17, 15) is 4.79 Å². The molecule has 0 aromatic carbocycles. The van der Waals surface area contributed by atoms with Crippen LogP contribution in [0.5, 0.6) is 0 Å². The summed E-state index contributed by atoms with van der Waals surface area (Å²) in [6.45, 7) is 1.65. The van der Waals surface area contributed by atoms with Crippen LogP contribution in [0.25, 0.3) is 0 Å². The Bertz CT molecular complexity index is 226. The summed E-state index contributed by atoms with van der Waals surface area (Å²) in [4.78, 5) is 10.4. The summed E-state index contributed by atoms with van der Waals surface area (Å²) in [5.74, 6) is -0.812. The first kappa shape index (κ1) is 10.0. The summed E-state index contributed by atoms with van der Waals surface area (Å²) in [7, 11) is 0. The Labute approximate surface area is 77.6 Å². The molecule has 0 saturated carbocycles. The number of nitriles is 1. The van der Waals surface area contributed by atoms with E-state index < -0.39 is 5.97 Å². The largest absolute Gasteiger partial charge is 0.481 e. The standard InChI is InChI=1S/C9H14N2O2/c10-7-9(2-1-8(12)13)3-5-11-6-4-9/h11H,1-6H2,(H,12,13). The molecule has 0 atom stereocenters. The van der Waals surface area contributed by atoms with E-state index in [1.165, 1.54) is 0 Å². The zero-order chi connectivity index (χ0) is 9.73. The Morgan fingerprint density at radius 2 is 2.15 bits per heavy atom. The summed E-state index contributed by atoms with van der Waals surface area (Å²) in [6, 6.07) is 2.27. The van der Waals surface area contributed by atoms with E-state index in [1.54, 1.807) is 0 Å². The molecule has 0 aromatic rings. The Morgan fingerprint density at radius 3 is 2.62 bits per heavy atom. The molecule has 0 unspecified atom stereocenters. The van der Waals surface area contributed by atoms with Crippen LogP contribution in [0.15, 0.2) is 0 Å². The van der Waals surface area contributed by atoms with Gasteiger partial charge >= 0.3 is 5.97 Å². The minimum atomic E-state index is -0.812. The molecule has 0 aliphatic carbocycles. The minimum Gasteiger partial charge on any atom is -0.481 e. The second kappa shape index (κ2) is 4.24. The fraction of sp³-hybridized carbons (Fsp3) is 0.778. The van der Waals surface area contributed by atoms with Crippen molar-refractivity contribution in [2.24, 2.45) is 5.41 Å². The lowest BCUT2D eigenvalue weighted by Crippen LogP contribution is -2.36. The van der Waals surface area contributed by atoms with Crippen LogP contribution in [0, 0.1) is 16.7 Å². The third kappa shape index (κ3) is 2.71. The highest BCUT2D eigenvalue weighted by Gasteiger charge is 2.32. The number of piperidine rings is 1. The first-order chi connectivity index (χ1) is 6.18. The molecule has 13 heavy (non-hydrogen) atoms. The predicted molar refractivity (Wildman–Crippen MR) is 47.0 cm³/mol. The lowest BCUT2D eigenvalue weighted by atomic mass is 9.77. The van der Waals surface area contributed by atoms with Crippen LogP contribution in [0.1, 0.15) is 25.7 Å². The number of hydrogen-bond acceptors (Lipinski definition) is 3. The van der Waals surface area contributed by atoms with Gasteiger partial charge in [0.1, 0.15) is 0 Å². The summed E-state index contributed by atoms with van der Waals surface area (Å²) < 4.78 is 0. The van der Waals surface area contributed by atoms with Crippen molar-refractivity contribution in [3.05, 3.63) is 0 Å². The second-order valence-corrected chi connectivity index (χ2v) is 3.54. The van der Waals surface area contributed by atoms with E-state index in [0.717, 1.165) is 25.9 Å². The van der Waals surface area contributed by atoms with Crippen molar-refractivity contribution < 1.29 is 9.90 Å². The Hall–Kier alpha value is -1.08. The zero-order valence-corrected chi connectivity index (χ0v) is 7.55. The van der Waals surface area contributed by atoms with Crippen LogP contribution in [0.3, 0.4) is 0 Å². The van der Waals surface area contributed by atoms with Gasteiger partial charge in [0.05, 0.1) is 11.5 Å². The van der Waals surface area contributed by atoms with Gasteiger partial charge < -0.3 is 10.4 Å². The van der Waals surface area contributed by atoms with Gasteiger partial charge in [-0.25, -0.2) is 0 Å². The molecule has 4 heteroatoms. The van der Waals surface area contributed by atoms with Gasteiger partial charge in [-0.1, -0.05) is 0 Å². The fourth-order valence-electron chi connectivity index (χ4n) is 1.67. The molecule has 2 N–H and O–H groups in total. The normalized spacial score (nSPS) is 20.5. The quantitative estimate of drug-likeness (QED) is 0.675. The van der Waals surface area contributed by atoms with E-state index in [0.29, 0.717) is 6.42 Å². The van der Waals surface area contributed by atoms with Gasteiger partial charge in [-0.15, -0.1) is 0 Å². The number of nitrogens with one attached hydrogen (secondary N) is 1. The molecule has 0 bridgehead atoms.